The summed E-state index contributed by atoms with van der Waals surface area (Å²) in [6.07, 6.45) is 7.18. The average molecular weight is 245 g/mol. The topological polar surface area (TPSA) is 55.6 Å². The van der Waals surface area contributed by atoms with Crippen LogP contribution in [-0.4, -0.2) is 25.1 Å². The van der Waals surface area contributed by atoms with Crippen molar-refractivity contribution in [3.63, 3.8) is 0 Å². The van der Waals surface area contributed by atoms with Gasteiger partial charge in [-0.25, -0.2) is 9.97 Å². The highest BCUT2D eigenvalue weighted by molar-refractivity contribution is 5.22. The van der Waals surface area contributed by atoms with E-state index in [1.165, 1.54) is 0 Å². The highest BCUT2D eigenvalue weighted by atomic mass is 15.1. The zero-order valence-corrected chi connectivity index (χ0v) is 11.3. The fraction of sp³-hybridized carbons (Fsp3) is 0.462. The summed E-state index contributed by atoms with van der Waals surface area (Å²) in [5, 5.41) is 3.40. The van der Waals surface area contributed by atoms with Crippen LogP contribution in [0.1, 0.15) is 32.3 Å². The van der Waals surface area contributed by atoms with Crippen LogP contribution >= 0.6 is 0 Å². The summed E-state index contributed by atoms with van der Waals surface area (Å²) < 4.78 is 1.92. The molecule has 0 aromatic carbocycles. The van der Waals surface area contributed by atoms with Gasteiger partial charge in [-0.05, 0) is 27.7 Å². The third-order valence-corrected chi connectivity index (χ3v) is 2.54. The molecule has 0 spiro atoms. The zero-order chi connectivity index (χ0) is 13.2. The van der Waals surface area contributed by atoms with E-state index in [0.717, 1.165) is 17.3 Å². The molecule has 0 saturated carbocycles. The molecule has 1 N–H and O–H groups in total. The van der Waals surface area contributed by atoms with Gasteiger partial charge < -0.3 is 5.32 Å². The van der Waals surface area contributed by atoms with Crippen molar-refractivity contribution in [1.82, 2.24) is 24.8 Å². The summed E-state index contributed by atoms with van der Waals surface area (Å²) in [6, 6.07) is 0. The number of imidazole rings is 1. The second-order valence-corrected chi connectivity index (χ2v) is 5.32. The lowest BCUT2D eigenvalue weighted by atomic mass is 10.1. The van der Waals surface area contributed by atoms with Crippen LogP contribution in [0.15, 0.2) is 24.8 Å². The van der Waals surface area contributed by atoms with E-state index in [0.29, 0.717) is 6.54 Å². The molecule has 0 fully saturated rings. The predicted octanol–water partition coefficient (Wildman–Crippen LogP) is 1.86. The first-order valence-electron chi connectivity index (χ1n) is 6.02. The zero-order valence-electron chi connectivity index (χ0n) is 11.3. The smallest absolute Gasteiger partial charge is 0.156 e. The van der Waals surface area contributed by atoms with E-state index in [9.17, 15) is 0 Å². The van der Waals surface area contributed by atoms with Gasteiger partial charge in [-0.2, -0.15) is 0 Å². The Hall–Kier alpha value is -1.75. The Morgan fingerprint density at radius 2 is 2.06 bits per heavy atom. The molecule has 0 aliphatic carbocycles. The molecule has 0 amide bonds. The van der Waals surface area contributed by atoms with E-state index in [1.807, 2.05) is 17.7 Å². The monoisotopic (exact) mass is 245 g/mol. The van der Waals surface area contributed by atoms with E-state index < -0.39 is 0 Å². The maximum Gasteiger partial charge on any atom is 0.156 e. The predicted molar refractivity (Wildman–Crippen MR) is 70.5 cm³/mol. The van der Waals surface area contributed by atoms with Crippen molar-refractivity contribution < 1.29 is 0 Å². The molecule has 96 valence electrons. The Kier molecular flexibility index (Phi) is 3.43. The lowest BCUT2D eigenvalue weighted by Gasteiger charge is -2.20. The normalized spacial score (nSPS) is 11.8. The molecule has 0 saturated heterocycles. The minimum Gasteiger partial charge on any atom is -0.306 e. The first kappa shape index (κ1) is 12.7. The first-order valence-corrected chi connectivity index (χ1v) is 6.02. The average Bonchev–Trinajstić information content (AvgIpc) is 2.72. The van der Waals surface area contributed by atoms with E-state index in [2.05, 4.69) is 41.0 Å². The summed E-state index contributed by atoms with van der Waals surface area (Å²) in [7, 11) is 0. The Balaban J connectivity index is 2.18. The second-order valence-electron chi connectivity index (χ2n) is 5.32. The fourth-order valence-electron chi connectivity index (χ4n) is 1.57. The lowest BCUT2D eigenvalue weighted by molar-refractivity contribution is 0.420. The molecule has 2 rings (SSSR count). The number of aromatic nitrogens is 4. The van der Waals surface area contributed by atoms with Crippen LogP contribution in [0.5, 0.6) is 0 Å². The van der Waals surface area contributed by atoms with E-state index in [4.69, 9.17) is 0 Å². The molecule has 18 heavy (non-hydrogen) atoms. The summed E-state index contributed by atoms with van der Waals surface area (Å²) >= 11 is 0. The summed E-state index contributed by atoms with van der Waals surface area (Å²) in [5.41, 5.74) is 0.998. The number of rotatable bonds is 3. The second kappa shape index (κ2) is 4.86. The van der Waals surface area contributed by atoms with Crippen molar-refractivity contribution in [1.29, 1.82) is 0 Å². The van der Waals surface area contributed by atoms with Crippen molar-refractivity contribution in [2.75, 3.05) is 0 Å². The molecule has 0 bridgehead atoms. The largest absolute Gasteiger partial charge is 0.306 e. The van der Waals surface area contributed by atoms with Gasteiger partial charge in [0.1, 0.15) is 5.82 Å². The maximum atomic E-state index is 4.58. The van der Waals surface area contributed by atoms with Gasteiger partial charge in [0.15, 0.2) is 5.82 Å². The van der Waals surface area contributed by atoms with Crippen LogP contribution in [0.25, 0.3) is 5.82 Å². The van der Waals surface area contributed by atoms with Crippen LogP contribution in [0.4, 0.5) is 0 Å². The third kappa shape index (κ3) is 3.13. The summed E-state index contributed by atoms with van der Waals surface area (Å²) in [4.78, 5) is 13.0. The van der Waals surface area contributed by atoms with Crippen LogP contribution < -0.4 is 5.32 Å². The van der Waals surface area contributed by atoms with Gasteiger partial charge in [-0.3, -0.25) is 9.55 Å². The van der Waals surface area contributed by atoms with E-state index >= 15 is 0 Å². The molecule has 2 aromatic rings. The standard InChI is InChI=1S/C13H19N5/c1-10-15-5-6-18(10)12-9-14-7-11(17-12)8-16-13(2,3)4/h5-7,9,16H,8H2,1-4H3. The molecule has 0 radical (unpaired) electrons. The highest BCUT2D eigenvalue weighted by Gasteiger charge is 2.10. The molecule has 2 aromatic heterocycles. The van der Waals surface area contributed by atoms with E-state index in [-0.39, 0.29) is 5.54 Å². The van der Waals surface area contributed by atoms with Crippen LogP contribution in [-0.2, 0) is 6.54 Å². The molecule has 0 aliphatic rings. The van der Waals surface area contributed by atoms with Crippen molar-refractivity contribution in [2.45, 2.75) is 39.8 Å². The van der Waals surface area contributed by atoms with Gasteiger partial charge >= 0.3 is 0 Å². The molecule has 5 nitrogen and oxygen atoms in total. The minimum absolute atomic E-state index is 0.0720. The lowest BCUT2D eigenvalue weighted by Crippen LogP contribution is -2.35. The Morgan fingerprint density at radius 1 is 1.28 bits per heavy atom. The SMILES string of the molecule is Cc1nccn1-c1cncc(CNC(C)(C)C)n1. The molecule has 2 heterocycles. The molecule has 5 heteroatoms. The molecule has 0 unspecified atom stereocenters. The third-order valence-electron chi connectivity index (χ3n) is 2.54. The van der Waals surface area contributed by atoms with Gasteiger partial charge in [0.25, 0.3) is 0 Å². The van der Waals surface area contributed by atoms with Crippen LogP contribution in [0, 0.1) is 6.92 Å². The Labute approximate surface area is 107 Å². The highest BCUT2D eigenvalue weighted by Crippen LogP contribution is 2.07. The summed E-state index contributed by atoms with van der Waals surface area (Å²) in [5.74, 6) is 1.71. The summed E-state index contributed by atoms with van der Waals surface area (Å²) in [6.45, 7) is 9.04. The van der Waals surface area contributed by atoms with Gasteiger partial charge in [0, 0.05) is 30.7 Å². The number of hydrogen-bond donors (Lipinski definition) is 1. The van der Waals surface area contributed by atoms with Crippen LogP contribution in [0.3, 0.4) is 0 Å². The minimum atomic E-state index is 0.0720. The van der Waals surface area contributed by atoms with Crippen molar-refractivity contribution in [3.05, 3.63) is 36.3 Å². The maximum absolute atomic E-state index is 4.58. The number of nitrogens with one attached hydrogen (secondary N) is 1. The van der Waals surface area contributed by atoms with Gasteiger partial charge in [0.05, 0.1) is 11.9 Å². The molecule has 0 atom stereocenters. The molecular weight excluding hydrogens is 226 g/mol. The quantitative estimate of drug-likeness (QED) is 0.896. The molecule has 0 aliphatic heterocycles. The Bertz CT molecular complexity index is 524. The molecular formula is C13H19N5. The van der Waals surface area contributed by atoms with Crippen molar-refractivity contribution >= 4 is 0 Å². The van der Waals surface area contributed by atoms with Gasteiger partial charge in [-0.1, -0.05) is 0 Å². The van der Waals surface area contributed by atoms with Crippen molar-refractivity contribution in [2.24, 2.45) is 0 Å². The number of aryl methyl sites for hydroxylation is 1. The number of hydrogen-bond acceptors (Lipinski definition) is 4. The van der Waals surface area contributed by atoms with Gasteiger partial charge in [-0.15, -0.1) is 0 Å². The van der Waals surface area contributed by atoms with Crippen molar-refractivity contribution in [3.8, 4) is 5.82 Å². The number of nitrogens with zero attached hydrogens (tertiary/aromatic N) is 4. The van der Waals surface area contributed by atoms with Gasteiger partial charge in [0.2, 0.25) is 0 Å². The first-order chi connectivity index (χ1) is 8.46. The van der Waals surface area contributed by atoms with E-state index in [1.54, 1.807) is 18.6 Å². The Morgan fingerprint density at radius 3 is 2.67 bits per heavy atom. The van der Waals surface area contributed by atoms with Crippen LogP contribution in [0.2, 0.25) is 0 Å². The fourth-order valence-corrected chi connectivity index (χ4v) is 1.57.